The number of rotatable bonds is 1. The number of nitrogens with two attached hydrogens (primary N) is 1. The first-order valence-corrected chi connectivity index (χ1v) is 5.84. The van der Waals surface area contributed by atoms with E-state index in [1.807, 2.05) is 6.21 Å². The summed E-state index contributed by atoms with van der Waals surface area (Å²) in [5, 5.41) is 0. The van der Waals surface area contributed by atoms with Crippen LogP contribution in [0.25, 0.3) is 11.1 Å². The van der Waals surface area contributed by atoms with E-state index in [9.17, 15) is 0 Å². The first-order chi connectivity index (χ1) is 8.56. The number of aliphatic imine (C=N–C) groups is 1. The van der Waals surface area contributed by atoms with E-state index >= 15 is 0 Å². The molecule has 0 amide bonds. The second-order valence-electron chi connectivity index (χ2n) is 5.04. The van der Waals surface area contributed by atoms with Gasteiger partial charge in [-0.15, -0.1) is 0 Å². The minimum absolute atomic E-state index is 0.0193. The van der Waals surface area contributed by atoms with Crippen molar-refractivity contribution in [2.45, 2.75) is 19.3 Å². The molecule has 1 aromatic carbocycles. The molecule has 4 nitrogen and oxygen atoms in total. The third-order valence-corrected chi connectivity index (χ3v) is 3.22. The number of aromatic nitrogens is 2. The second kappa shape index (κ2) is 3.63. The van der Waals surface area contributed by atoms with Crippen LogP contribution in [-0.4, -0.2) is 16.2 Å². The average Bonchev–Trinajstić information content (AvgIpc) is 2.66. The highest BCUT2D eigenvalue weighted by atomic mass is 15.0. The van der Waals surface area contributed by atoms with Crippen molar-refractivity contribution >= 4 is 17.9 Å². The average molecular weight is 238 g/mol. The van der Waals surface area contributed by atoms with E-state index in [1.54, 1.807) is 12.4 Å². The summed E-state index contributed by atoms with van der Waals surface area (Å²) in [5.41, 5.74) is 9.79. The number of hydrogen-bond acceptors (Lipinski definition) is 4. The molecular formula is C14H14N4. The Balaban J connectivity index is 2.07. The zero-order valence-corrected chi connectivity index (χ0v) is 10.4. The van der Waals surface area contributed by atoms with Gasteiger partial charge in [-0.2, -0.15) is 0 Å². The maximum absolute atomic E-state index is 5.48. The largest absolute Gasteiger partial charge is 0.368 e. The summed E-state index contributed by atoms with van der Waals surface area (Å²) in [5.74, 6) is 0.291. The van der Waals surface area contributed by atoms with Crippen LogP contribution in [0.1, 0.15) is 19.4 Å². The second-order valence-corrected chi connectivity index (χ2v) is 5.04. The van der Waals surface area contributed by atoms with Gasteiger partial charge >= 0.3 is 0 Å². The number of nitrogens with zero attached hydrogens (tertiary/aromatic N) is 3. The van der Waals surface area contributed by atoms with Crippen LogP contribution < -0.4 is 5.73 Å². The first-order valence-electron chi connectivity index (χ1n) is 5.84. The highest BCUT2D eigenvalue weighted by Gasteiger charge is 2.26. The molecule has 2 heterocycles. The van der Waals surface area contributed by atoms with Crippen LogP contribution >= 0.6 is 0 Å². The van der Waals surface area contributed by atoms with Crippen molar-refractivity contribution in [2.24, 2.45) is 4.99 Å². The van der Waals surface area contributed by atoms with Crippen molar-refractivity contribution in [3.05, 3.63) is 36.2 Å². The molecule has 0 atom stereocenters. The van der Waals surface area contributed by atoms with Crippen molar-refractivity contribution < 1.29 is 0 Å². The van der Waals surface area contributed by atoms with Crippen LogP contribution in [-0.2, 0) is 5.41 Å². The van der Waals surface area contributed by atoms with Crippen molar-refractivity contribution in [1.82, 2.24) is 9.97 Å². The molecule has 18 heavy (non-hydrogen) atoms. The number of benzene rings is 1. The fourth-order valence-electron chi connectivity index (χ4n) is 2.15. The van der Waals surface area contributed by atoms with Gasteiger partial charge in [0, 0.05) is 29.6 Å². The summed E-state index contributed by atoms with van der Waals surface area (Å²) in [6.07, 6.45) is 5.45. The molecule has 1 aliphatic heterocycles. The summed E-state index contributed by atoms with van der Waals surface area (Å²) in [6.45, 7) is 4.32. The van der Waals surface area contributed by atoms with Crippen molar-refractivity contribution in [3.63, 3.8) is 0 Å². The first kappa shape index (κ1) is 10.9. The third kappa shape index (κ3) is 1.66. The molecule has 1 aromatic heterocycles. The van der Waals surface area contributed by atoms with Gasteiger partial charge in [-0.3, -0.25) is 4.99 Å². The third-order valence-electron chi connectivity index (χ3n) is 3.22. The van der Waals surface area contributed by atoms with Gasteiger partial charge < -0.3 is 5.73 Å². The molecule has 0 aliphatic carbocycles. The van der Waals surface area contributed by atoms with E-state index in [4.69, 9.17) is 5.73 Å². The number of anilines is 1. The monoisotopic (exact) mass is 238 g/mol. The zero-order chi connectivity index (χ0) is 12.8. The van der Waals surface area contributed by atoms with Gasteiger partial charge in [-0.05, 0) is 17.2 Å². The maximum atomic E-state index is 5.48. The Morgan fingerprint density at radius 1 is 1.06 bits per heavy atom. The van der Waals surface area contributed by atoms with Crippen LogP contribution in [0.15, 0.2) is 35.6 Å². The molecule has 4 heteroatoms. The summed E-state index contributed by atoms with van der Waals surface area (Å²) >= 11 is 0. The lowest BCUT2D eigenvalue weighted by atomic mass is 9.86. The van der Waals surface area contributed by atoms with E-state index in [2.05, 4.69) is 47.0 Å². The smallest absolute Gasteiger partial charge is 0.219 e. The predicted molar refractivity (Wildman–Crippen MR) is 73.1 cm³/mol. The summed E-state index contributed by atoms with van der Waals surface area (Å²) in [7, 11) is 0. The quantitative estimate of drug-likeness (QED) is 0.830. The highest BCUT2D eigenvalue weighted by Crippen LogP contribution is 2.38. The van der Waals surface area contributed by atoms with Gasteiger partial charge in [0.25, 0.3) is 0 Å². The van der Waals surface area contributed by atoms with E-state index in [-0.39, 0.29) is 5.41 Å². The molecule has 0 fully saturated rings. The van der Waals surface area contributed by atoms with Gasteiger partial charge in [0.15, 0.2) is 0 Å². The fourth-order valence-corrected chi connectivity index (χ4v) is 2.15. The van der Waals surface area contributed by atoms with Crippen LogP contribution in [0.5, 0.6) is 0 Å². The minimum atomic E-state index is 0.0193. The molecule has 90 valence electrons. The van der Waals surface area contributed by atoms with Crippen molar-refractivity contribution in [2.75, 3.05) is 5.73 Å². The van der Waals surface area contributed by atoms with Crippen LogP contribution in [0.4, 0.5) is 11.6 Å². The SMILES string of the molecule is CC1(C)C=Nc2cc(-c3cnc(N)nc3)ccc21. The lowest BCUT2D eigenvalue weighted by Gasteiger charge is -2.15. The summed E-state index contributed by atoms with van der Waals surface area (Å²) in [4.78, 5) is 12.5. The number of hydrogen-bond donors (Lipinski definition) is 1. The lowest BCUT2D eigenvalue weighted by molar-refractivity contribution is 0.753. The summed E-state index contributed by atoms with van der Waals surface area (Å²) in [6, 6.07) is 6.26. The van der Waals surface area contributed by atoms with Crippen molar-refractivity contribution in [1.29, 1.82) is 0 Å². The minimum Gasteiger partial charge on any atom is -0.368 e. The Morgan fingerprint density at radius 3 is 2.50 bits per heavy atom. The van der Waals surface area contributed by atoms with Gasteiger partial charge in [-0.1, -0.05) is 26.0 Å². The molecule has 0 saturated carbocycles. The highest BCUT2D eigenvalue weighted by molar-refractivity contribution is 5.86. The van der Waals surface area contributed by atoms with Gasteiger partial charge in [0.05, 0.1) is 5.69 Å². The Hall–Kier alpha value is -2.23. The Morgan fingerprint density at radius 2 is 1.78 bits per heavy atom. The van der Waals surface area contributed by atoms with E-state index in [1.165, 1.54) is 5.56 Å². The number of nitrogen functional groups attached to an aromatic ring is 1. The van der Waals surface area contributed by atoms with E-state index in [0.717, 1.165) is 16.8 Å². The molecule has 0 unspecified atom stereocenters. The van der Waals surface area contributed by atoms with Crippen molar-refractivity contribution in [3.8, 4) is 11.1 Å². The molecule has 0 bridgehead atoms. The molecule has 2 N–H and O–H groups in total. The van der Waals surface area contributed by atoms with Gasteiger partial charge in [-0.25, -0.2) is 9.97 Å². The Kier molecular flexibility index (Phi) is 2.20. The van der Waals surface area contributed by atoms with Crippen LogP contribution in [0, 0.1) is 0 Å². The van der Waals surface area contributed by atoms with E-state index in [0.29, 0.717) is 5.95 Å². The number of fused-ring (bicyclic) bond motifs is 1. The van der Waals surface area contributed by atoms with Gasteiger partial charge in [0.1, 0.15) is 0 Å². The predicted octanol–water partition coefficient (Wildman–Crippen LogP) is 2.72. The lowest BCUT2D eigenvalue weighted by Crippen LogP contribution is -2.14. The Bertz CT molecular complexity index is 627. The zero-order valence-electron chi connectivity index (χ0n) is 10.4. The molecule has 3 rings (SSSR count). The molecule has 0 spiro atoms. The molecular weight excluding hydrogens is 224 g/mol. The molecule has 0 radical (unpaired) electrons. The Labute approximate surface area is 106 Å². The van der Waals surface area contributed by atoms with Crippen LogP contribution in [0.2, 0.25) is 0 Å². The summed E-state index contributed by atoms with van der Waals surface area (Å²) < 4.78 is 0. The molecule has 2 aromatic rings. The molecule has 1 aliphatic rings. The standard InChI is InChI=1S/C14H14N4/c1-14(2)8-18-12-5-9(3-4-11(12)14)10-6-16-13(15)17-7-10/h3-8H,1-2H3,(H2,15,16,17). The maximum Gasteiger partial charge on any atom is 0.219 e. The normalized spacial score (nSPS) is 15.7. The van der Waals surface area contributed by atoms with E-state index < -0.39 is 0 Å². The molecule has 0 saturated heterocycles. The van der Waals surface area contributed by atoms with Crippen LogP contribution in [0.3, 0.4) is 0 Å². The topological polar surface area (TPSA) is 64.2 Å². The fraction of sp³-hybridized carbons (Fsp3) is 0.214. The van der Waals surface area contributed by atoms with Gasteiger partial charge in [0.2, 0.25) is 5.95 Å².